The third-order valence-corrected chi connectivity index (χ3v) is 2.48. The van der Waals surface area contributed by atoms with Gasteiger partial charge in [0, 0.05) is 17.4 Å². The van der Waals surface area contributed by atoms with Crippen LogP contribution in [-0.4, -0.2) is 9.97 Å². The third-order valence-electron chi connectivity index (χ3n) is 2.48. The lowest BCUT2D eigenvalue weighted by atomic mass is 10.1. The highest BCUT2D eigenvalue weighted by molar-refractivity contribution is 5.59. The molecule has 0 bridgehead atoms. The van der Waals surface area contributed by atoms with Gasteiger partial charge >= 0.3 is 0 Å². The van der Waals surface area contributed by atoms with Gasteiger partial charge in [-0.2, -0.15) is 4.98 Å². The summed E-state index contributed by atoms with van der Waals surface area (Å²) in [5.74, 6) is 6.45. The van der Waals surface area contributed by atoms with Gasteiger partial charge in [0.1, 0.15) is 5.82 Å². The molecular weight excluding hydrogens is 226 g/mol. The number of benzene rings is 1. The van der Waals surface area contributed by atoms with Gasteiger partial charge in [-0.3, -0.25) is 5.43 Å². The quantitative estimate of drug-likeness (QED) is 0.570. The van der Waals surface area contributed by atoms with Crippen LogP contribution in [0.15, 0.2) is 24.3 Å². The topological polar surface area (TPSA) is 75.9 Å². The Labute approximate surface area is 106 Å². The number of aryl methyl sites for hydroxylation is 3. The van der Waals surface area contributed by atoms with Crippen molar-refractivity contribution in [2.45, 2.75) is 20.8 Å². The van der Waals surface area contributed by atoms with E-state index in [1.807, 2.05) is 13.0 Å². The first-order valence-electron chi connectivity index (χ1n) is 5.74. The van der Waals surface area contributed by atoms with E-state index in [0.29, 0.717) is 5.95 Å². The molecule has 18 heavy (non-hydrogen) atoms. The van der Waals surface area contributed by atoms with Crippen LogP contribution >= 0.6 is 0 Å². The smallest absolute Gasteiger partial charge is 0.239 e. The minimum atomic E-state index is 0.405. The first-order chi connectivity index (χ1) is 8.56. The summed E-state index contributed by atoms with van der Waals surface area (Å²) < 4.78 is 0. The molecule has 2 aromatic rings. The number of aromatic nitrogens is 2. The van der Waals surface area contributed by atoms with Crippen LogP contribution in [0.3, 0.4) is 0 Å². The Hall–Kier alpha value is -2.14. The van der Waals surface area contributed by atoms with Crippen LogP contribution in [0.25, 0.3) is 0 Å². The number of nitrogens with zero attached hydrogens (tertiary/aromatic N) is 2. The van der Waals surface area contributed by atoms with E-state index in [4.69, 9.17) is 5.84 Å². The standard InChI is InChI=1S/C13H17N5/c1-8-4-9(2)6-11(5-8)16-12-7-10(3)15-13(17-12)18-14/h4-7H,14H2,1-3H3,(H2,15,16,17,18). The van der Waals surface area contributed by atoms with Gasteiger partial charge in [-0.1, -0.05) is 6.07 Å². The lowest BCUT2D eigenvalue weighted by Gasteiger charge is -2.09. The fraction of sp³-hybridized carbons (Fsp3) is 0.231. The summed E-state index contributed by atoms with van der Waals surface area (Å²) in [6.45, 7) is 6.03. The zero-order valence-corrected chi connectivity index (χ0v) is 10.8. The first-order valence-corrected chi connectivity index (χ1v) is 5.74. The predicted molar refractivity (Wildman–Crippen MR) is 73.8 cm³/mol. The molecule has 2 rings (SSSR count). The van der Waals surface area contributed by atoms with E-state index < -0.39 is 0 Å². The Morgan fingerprint density at radius 3 is 2.22 bits per heavy atom. The van der Waals surface area contributed by atoms with Gasteiger partial charge in [0.25, 0.3) is 0 Å². The van der Waals surface area contributed by atoms with Gasteiger partial charge in [-0.15, -0.1) is 0 Å². The summed E-state index contributed by atoms with van der Waals surface area (Å²) in [4.78, 5) is 8.39. The number of nitrogen functional groups attached to an aromatic ring is 1. The maximum Gasteiger partial charge on any atom is 0.239 e. The molecule has 0 fully saturated rings. The Balaban J connectivity index is 2.30. The summed E-state index contributed by atoms with van der Waals surface area (Å²) in [6, 6.07) is 8.14. The van der Waals surface area contributed by atoms with Crippen LogP contribution in [0.1, 0.15) is 16.8 Å². The second-order valence-corrected chi connectivity index (χ2v) is 4.36. The van der Waals surface area contributed by atoms with Crippen LogP contribution < -0.4 is 16.6 Å². The van der Waals surface area contributed by atoms with Gasteiger partial charge in [0.05, 0.1) is 0 Å². The Kier molecular flexibility index (Phi) is 3.43. The van der Waals surface area contributed by atoms with Crippen LogP contribution in [0, 0.1) is 20.8 Å². The van der Waals surface area contributed by atoms with Crippen molar-refractivity contribution in [3.05, 3.63) is 41.1 Å². The second kappa shape index (κ2) is 5.01. The Bertz CT molecular complexity index is 545. The van der Waals surface area contributed by atoms with E-state index in [0.717, 1.165) is 17.2 Å². The van der Waals surface area contributed by atoms with Gasteiger partial charge in [0.15, 0.2) is 0 Å². The van der Waals surface area contributed by atoms with Crippen LogP contribution in [0.4, 0.5) is 17.5 Å². The highest BCUT2D eigenvalue weighted by Crippen LogP contribution is 2.19. The van der Waals surface area contributed by atoms with Crippen LogP contribution in [0.5, 0.6) is 0 Å². The predicted octanol–water partition coefficient (Wildman–Crippen LogP) is 2.43. The number of hydrazine groups is 1. The Morgan fingerprint density at radius 2 is 1.61 bits per heavy atom. The fourth-order valence-electron chi connectivity index (χ4n) is 1.89. The van der Waals surface area contributed by atoms with E-state index in [1.54, 1.807) is 0 Å². The lowest BCUT2D eigenvalue weighted by Crippen LogP contribution is -2.11. The largest absolute Gasteiger partial charge is 0.340 e. The number of rotatable bonds is 3. The maximum absolute atomic E-state index is 5.33. The minimum absolute atomic E-state index is 0.405. The zero-order chi connectivity index (χ0) is 13.1. The van der Waals surface area contributed by atoms with E-state index in [9.17, 15) is 0 Å². The summed E-state index contributed by atoms with van der Waals surface area (Å²) in [7, 11) is 0. The van der Waals surface area contributed by atoms with Gasteiger partial charge in [0.2, 0.25) is 5.95 Å². The zero-order valence-electron chi connectivity index (χ0n) is 10.8. The van der Waals surface area contributed by atoms with Crippen molar-refractivity contribution in [2.75, 3.05) is 10.7 Å². The molecule has 1 aromatic carbocycles. The average molecular weight is 243 g/mol. The SMILES string of the molecule is Cc1cc(C)cc(Nc2cc(C)nc(NN)n2)c1. The van der Waals surface area contributed by atoms with Crippen molar-refractivity contribution in [3.8, 4) is 0 Å². The number of nitrogens with one attached hydrogen (secondary N) is 2. The molecule has 0 spiro atoms. The molecule has 0 aliphatic heterocycles. The fourth-order valence-corrected chi connectivity index (χ4v) is 1.89. The molecule has 1 aromatic heterocycles. The molecule has 4 N–H and O–H groups in total. The van der Waals surface area contributed by atoms with E-state index in [-0.39, 0.29) is 0 Å². The third kappa shape index (κ3) is 2.95. The van der Waals surface area contributed by atoms with Crippen molar-refractivity contribution in [1.29, 1.82) is 0 Å². The normalized spacial score (nSPS) is 10.2. The summed E-state index contributed by atoms with van der Waals surface area (Å²) >= 11 is 0. The van der Waals surface area contributed by atoms with Gasteiger partial charge in [-0.05, 0) is 44.0 Å². The molecule has 0 amide bonds. The molecule has 0 saturated heterocycles. The highest BCUT2D eigenvalue weighted by atomic mass is 15.3. The molecule has 0 atom stereocenters. The van der Waals surface area contributed by atoms with Crippen molar-refractivity contribution in [1.82, 2.24) is 9.97 Å². The van der Waals surface area contributed by atoms with Crippen molar-refractivity contribution in [2.24, 2.45) is 5.84 Å². The number of hydrogen-bond acceptors (Lipinski definition) is 5. The molecule has 0 radical (unpaired) electrons. The summed E-state index contributed by atoms with van der Waals surface area (Å²) in [6.07, 6.45) is 0. The van der Waals surface area contributed by atoms with Gasteiger partial charge in [-0.25, -0.2) is 10.8 Å². The molecule has 5 nitrogen and oxygen atoms in total. The molecule has 0 aliphatic rings. The van der Waals surface area contributed by atoms with E-state index >= 15 is 0 Å². The van der Waals surface area contributed by atoms with Gasteiger partial charge < -0.3 is 5.32 Å². The Morgan fingerprint density at radius 1 is 0.944 bits per heavy atom. The second-order valence-electron chi connectivity index (χ2n) is 4.36. The van der Waals surface area contributed by atoms with Crippen molar-refractivity contribution in [3.63, 3.8) is 0 Å². The monoisotopic (exact) mass is 243 g/mol. The summed E-state index contributed by atoms with van der Waals surface area (Å²) in [5.41, 5.74) is 6.73. The van der Waals surface area contributed by atoms with E-state index in [2.05, 4.69) is 52.8 Å². The molecule has 5 heteroatoms. The molecule has 1 heterocycles. The average Bonchev–Trinajstić information content (AvgIpc) is 2.26. The highest BCUT2D eigenvalue weighted by Gasteiger charge is 2.02. The minimum Gasteiger partial charge on any atom is -0.340 e. The number of nitrogens with two attached hydrogens (primary N) is 1. The van der Waals surface area contributed by atoms with Crippen molar-refractivity contribution >= 4 is 17.5 Å². The number of hydrogen-bond donors (Lipinski definition) is 3. The maximum atomic E-state index is 5.33. The van der Waals surface area contributed by atoms with Crippen LogP contribution in [-0.2, 0) is 0 Å². The van der Waals surface area contributed by atoms with E-state index in [1.165, 1.54) is 11.1 Å². The number of anilines is 3. The lowest BCUT2D eigenvalue weighted by molar-refractivity contribution is 1.07. The molecule has 0 saturated carbocycles. The molecule has 0 aliphatic carbocycles. The molecule has 0 unspecified atom stereocenters. The van der Waals surface area contributed by atoms with Crippen LogP contribution in [0.2, 0.25) is 0 Å². The molecular formula is C13H17N5. The summed E-state index contributed by atoms with van der Waals surface area (Å²) in [5, 5.41) is 3.25. The van der Waals surface area contributed by atoms with Crippen molar-refractivity contribution < 1.29 is 0 Å². The first kappa shape index (κ1) is 12.3. The molecule has 94 valence electrons.